The molecule has 3 nitrogen and oxygen atoms in total. The first-order valence-corrected chi connectivity index (χ1v) is 7.72. The molecule has 0 heterocycles. The quantitative estimate of drug-likeness (QED) is 0.481. The second-order valence-electron chi connectivity index (χ2n) is 5.25. The zero-order valence-corrected chi connectivity index (χ0v) is 12.9. The van der Waals surface area contributed by atoms with Crippen molar-refractivity contribution >= 4 is 12.0 Å². The second-order valence-corrected chi connectivity index (χ2v) is 5.25. The van der Waals surface area contributed by atoms with Crippen LogP contribution in [0.4, 0.5) is 0 Å². The number of carbonyl (C=O) groups is 1. The second kappa shape index (κ2) is 11.1. The third-order valence-electron chi connectivity index (χ3n) is 3.46. The van der Waals surface area contributed by atoms with Crippen LogP contribution in [-0.4, -0.2) is 24.8 Å². The van der Waals surface area contributed by atoms with Crippen LogP contribution in [0.15, 0.2) is 35.9 Å². The summed E-state index contributed by atoms with van der Waals surface area (Å²) in [4.78, 5) is 11.3. The Balaban J connectivity index is 2.27. The van der Waals surface area contributed by atoms with Crippen molar-refractivity contribution in [2.75, 3.05) is 13.7 Å². The zero-order valence-electron chi connectivity index (χ0n) is 12.9. The van der Waals surface area contributed by atoms with Crippen LogP contribution in [0.3, 0.4) is 0 Å². The van der Waals surface area contributed by atoms with Gasteiger partial charge in [-0.05, 0) is 30.9 Å². The number of methoxy groups -OCH3 is 1. The molecule has 0 aromatic heterocycles. The van der Waals surface area contributed by atoms with Crippen LogP contribution in [0, 0.1) is 0 Å². The van der Waals surface area contributed by atoms with Gasteiger partial charge in [-0.25, -0.2) is 4.79 Å². The molecule has 0 atom stereocenters. The number of hydrogen-bond donors (Lipinski definition) is 1. The number of unbranched alkanes of at least 4 members (excludes halogenated alkanes) is 5. The molecule has 0 aliphatic carbocycles. The maximum atomic E-state index is 11.3. The Hall–Kier alpha value is -1.61. The van der Waals surface area contributed by atoms with Gasteiger partial charge in [-0.15, -0.1) is 0 Å². The predicted octanol–water partition coefficient (Wildman–Crippen LogP) is 4.53. The van der Waals surface area contributed by atoms with E-state index in [9.17, 15) is 9.90 Å². The highest BCUT2D eigenvalue weighted by Gasteiger charge is 2.06. The summed E-state index contributed by atoms with van der Waals surface area (Å²) in [6, 6.07) is 9.63. The molecule has 0 spiro atoms. The van der Waals surface area contributed by atoms with Crippen LogP contribution >= 0.6 is 0 Å². The number of hydrogen-bond acceptors (Lipinski definition) is 2. The normalized spacial score (nSPS) is 11.6. The summed E-state index contributed by atoms with van der Waals surface area (Å²) in [5, 5.41) is 9.25. The van der Waals surface area contributed by atoms with Crippen molar-refractivity contribution in [2.24, 2.45) is 0 Å². The molecule has 0 amide bonds. The lowest BCUT2D eigenvalue weighted by atomic mass is 10.0. The van der Waals surface area contributed by atoms with Gasteiger partial charge in [0, 0.05) is 19.3 Å². The number of benzene rings is 1. The Morgan fingerprint density at radius 1 is 1.05 bits per heavy atom. The van der Waals surface area contributed by atoms with Crippen LogP contribution in [0.2, 0.25) is 0 Å². The molecule has 0 aliphatic heterocycles. The van der Waals surface area contributed by atoms with Gasteiger partial charge in [0.25, 0.3) is 0 Å². The monoisotopic (exact) mass is 290 g/mol. The molecule has 0 radical (unpaired) electrons. The molecular formula is C18H26O3. The Morgan fingerprint density at radius 2 is 1.67 bits per heavy atom. The maximum Gasteiger partial charge on any atom is 0.331 e. The van der Waals surface area contributed by atoms with E-state index in [1.54, 1.807) is 13.2 Å². The van der Waals surface area contributed by atoms with Crippen LogP contribution < -0.4 is 0 Å². The van der Waals surface area contributed by atoms with Crippen molar-refractivity contribution in [3.63, 3.8) is 0 Å². The number of rotatable bonds is 11. The van der Waals surface area contributed by atoms with Gasteiger partial charge in [0.05, 0.1) is 0 Å². The van der Waals surface area contributed by atoms with Gasteiger partial charge >= 0.3 is 5.97 Å². The summed E-state index contributed by atoms with van der Waals surface area (Å²) in [6.45, 7) is 0.836. The van der Waals surface area contributed by atoms with Crippen molar-refractivity contribution < 1.29 is 14.6 Å². The molecule has 1 rings (SSSR count). The number of carboxylic acids is 1. The molecule has 1 aromatic rings. The number of ether oxygens (including phenoxy) is 1. The van der Waals surface area contributed by atoms with E-state index in [2.05, 4.69) is 0 Å². The molecule has 0 bridgehead atoms. The molecule has 0 saturated carbocycles. The van der Waals surface area contributed by atoms with Gasteiger partial charge in [-0.3, -0.25) is 0 Å². The van der Waals surface area contributed by atoms with Crippen molar-refractivity contribution in [3.8, 4) is 0 Å². The largest absolute Gasteiger partial charge is 0.478 e. The minimum Gasteiger partial charge on any atom is -0.478 e. The van der Waals surface area contributed by atoms with Gasteiger partial charge < -0.3 is 9.84 Å². The predicted molar refractivity (Wildman–Crippen MR) is 86.2 cm³/mol. The first-order valence-electron chi connectivity index (χ1n) is 7.72. The molecule has 0 fully saturated rings. The summed E-state index contributed by atoms with van der Waals surface area (Å²) in [5.74, 6) is -0.807. The van der Waals surface area contributed by atoms with Crippen molar-refractivity contribution in [3.05, 3.63) is 41.5 Å². The van der Waals surface area contributed by atoms with Crippen molar-refractivity contribution in [1.82, 2.24) is 0 Å². The summed E-state index contributed by atoms with van der Waals surface area (Å²) in [5.41, 5.74) is 1.45. The Kier molecular flexibility index (Phi) is 9.21. The van der Waals surface area contributed by atoms with Crippen LogP contribution in [0.25, 0.3) is 6.08 Å². The van der Waals surface area contributed by atoms with E-state index >= 15 is 0 Å². The van der Waals surface area contributed by atoms with Crippen molar-refractivity contribution in [1.29, 1.82) is 0 Å². The SMILES string of the molecule is COCCCCCCCCC(=Cc1ccccc1)C(=O)O. The molecule has 1 aromatic carbocycles. The molecule has 116 valence electrons. The molecule has 1 N–H and O–H groups in total. The van der Waals surface area contributed by atoms with Crippen LogP contribution in [0.1, 0.15) is 50.5 Å². The molecule has 3 heteroatoms. The molecular weight excluding hydrogens is 264 g/mol. The number of carboxylic acid groups (broad SMARTS) is 1. The van der Waals surface area contributed by atoms with E-state index in [0.29, 0.717) is 12.0 Å². The molecule has 0 saturated heterocycles. The minimum atomic E-state index is -0.807. The topological polar surface area (TPSA) is 46.5 Å². The molecule has 0 aliphatic rings. The Bertz CT molecular complexity index is 423. The van der Waals surface area contributed by atoms with Gasteiger partial charge in [0.15, 0.2) is 0 Å². The first-order chi connectivity index (χ1) is 10.2. The summed E-state index contributed by atoms with van der Waals surface area (Å²) in [7, 11) is 1.73. The highest BCUT2D eigenvalue weighted by molar-refractivity contribution is 5.92. The van der Waals surface area contributed by atoms with Crippen molar-refractivity contribution in [2.45, 2.75) is 44.9 Å². The lowest BCUT2D eigenvalue weighted by Crippen LogP contribution is -2.00. The lowest BCUT2D eigenvalue weighted by molar-refractivity contribution is -0.132. The van der Waals surface area contributed by atoms with Crippen LogP contribution in [0.5, 0.6) is 0 Å². The fourth-order valence-corrected chi connectivity index (χ4v) is 2.26. The minimum absolute atomic E-state index is 0.501. The smallest absolute Gasteiger partial charge is 0.331 e. The summed E-state index contributed by atoms with van der Waals surface area (Å²) < 4.78 is 5.01. The number of aliphatic carboxylic acids is 1. The average Bonchev–Trinajstić information content (AvgIpc) is 2.49. The standard InChI is InChI=1S/C18H26O3/c1-21-14-10-5-3-2-4-9-13-17(18(19)20)15-16-11-7-6-8-12-16/h6-8,11-12,15H,2-5,9-10,13-14H2,1H3,(H,19,20). The lowest BCUT2D eigenvalue weighted by Gasteiger charge is -2.04. The third-order valence-corrected chi connectivity index (χ3v) is 3.46. The zero-order chi connectivity index (χ0) is 15.3. The molecule has 21 heavy (non-hydrogen) atoms. The fraction of sp³-hybridized carbons (Fsp3) is 0.500. The van der Waals surface area contributed by atoms with E-state index in [0.717, 1.165) is 31.4 Å². The van der Waals surface area contributed by atoms with E-state index in [-0.39, 0.29) is 0 Å². The van der Waals surface area contributed by atoms with Gasteiger partial charge in [-0.1, -0.05) is 56.0 Å². The fourth-order valence-electron chi connectivity index (χ4n) is 2.26. The van der Waals surface area contributed by atoms with Gasteiger partial charge in [0.1, 0.15) is 0 Å². The van der Waals surface area contributed by atoms with Gasteiger partial charge in [0.2, 0.25) is 0 Å². The van der Waals surface area contributed by atoms with Crippen LogP contribution in [-0.2, 0) is 9.53 Å². The average molecular weight is 290 g/mol. The molecule has 0 unspecified atom stereocenters. The Morgan fingerprint density at radius 3 is 2.29 bits per heavy atom. The van der Waals surface area contributed by atoms with E-state index in [4.69, 9.17) is 4.74 Å². The van der Waals surface area contributed by atoms with E-state index in [1.807, 2.05) is 30.3 Å². The highest BCUT2D eigenvalue weighted by Crippen LogP contribution is 2.15. The van der Waals surface area contributed by atoms with Gasteiger partial charge in [-0.2, -0.15) is 0 Å². The first kappa shape index (κ1) is 17.4. The summed E-state index contributed by atoms with van der Waals surface area (Å²) in [6.07, 6.45) is 9.13. The third kappa shape index (κ3) is 8.30. The highest BCUT2D eigenvalue weighted by atomic mass is 16.5. The summed E-state index contributed by atoms with van der Waals surface area (Å²) >= 11 is 0. The maximum absolute atomic E-state index is 11.3. The van der Waals surface area contributed by atoms with E-state index < -0.39 is 5.97 Å². The van der Waals surface area contributed by atoms with E-state index in [1.165, 1.54) is 19.3 Å². The Labute approximate surface area is 127 Å².